The Morgan fingerprint density at radius 3 is 2.86 bits per heavy atom. The summed E-state index contributed by atoms with van der Waals surface area (Å²) in [4.78, 5) is 14.2. The molecule has 1 aromatic rings. The molecule has 2 amide bonds. The van der Waals surface area contributed by atoms with Gasteiger partial charge in [-0.15, -0.1) is 0 Å². The Hall–Kier alpha value is -1.75. The molecule has 2 unspecified atom stereocenters. The van der Waals surface area contributed by atoms with Crippen molar-refractivity contribution in [2.24, 2.45) is 5.92 Å². The van der Waals surface area contributed by atoms with E-state index in [9.17, 15) is 4.79 Å². The molecule has 1 aromatic carbocycles. The number of aliphatic hydroxyl groups excluding tert-OH is 1. The number of likely N-dealkylation sites (tertiary alicyclic amines) is 1. The van der Waals surface area contributed by atoms with Gasteiger partial charge in [0, 0.05) is 37.2 Å². The van der Waals surface area contributed by atoms with Crippen LogP contribution in [0.2, 0.25) is 0 Å². The highest BCUT2D eigenvalue weighted by molar-refractivity contribution is 5.74. The molecule has 1 saturated heterocycles. The minimum atomic E-state index is -0.00623. The third-order valence-corrected chi connectivity index (χ3v) is 4.85. The highest BCUT2D eigenvalue weighted by atomic mass is 16.5. The molecule has 0 radical (unpaired) electrons. The van der Waals surface area contributed by atoms with Gasteiger partial charge in [0.1, 0.15) is 5.75 Å². The number of para-hydroxylation sites is 1. The molecule has 0 aliphatic carbocycles. The summed E-state index contributed by atoms with van der Waals surface area (Å²) in [5.41, 5.74) is 1.18. The van der Waals surface area contributed by atoms with E-state index >= 15 is 0 Å². The summed E-state index contributed by atoms with van der Waals surface area (Å²) in [7, 11) is 0. The Morgan fingerprint density at radius 1 is 1.41 bits per heavy atom. The predicted molar refractivity (Wildman–Crippen MR) is 84.1 cm³/mol. The van der Waals surface area contributed by atoms with Crippen molar-refractivity contribution in [2.75, 3.05) is 26.3 Å². The van der Waals surface area contributed by atoms with Crippen LogP contribution in [0.5, 0.6) is 5.75 Å². The number of benzene rings is 1. The van der Waals surface area contributed by atoms with Crippen LogP contribution in [0.15, 0.2) is 24.3 Å². The lowest BCUT2D eigenvalue weighted by Gasteiger charge is -2.32. The normalized spacial score (nSPS) is 22.8. The number of nitrogens with one attached hydrogen (secondary N) is 1. The van der Waals surface area contributed by atoms with Crippen molar-refractivity contribution in [3.63, 3.8) is 0 Å². The van der Waals surface area contributed by atoms with Gasteiger partial charge >= 0.3 is 6.03 Å². The molecule has 1 fully saturated rings. The Kier molecular flexibility index (Phi) is 4.52. The van der Waals surface area contributed by atoms with Crippen LogP contribution in [0.25, 0.3) is 0 Å². The maximum Gasteiger partial charge on any atom is 0.317 e. The molecule has 0 bridgehead atoms. The van der Waals surface area contributed by atoms with E-state index in [4.69, 9.17) is 9.84 Å². The molecule has 2 aliphatic heterocycles. The van der Waals surface area contributed by atoms with Crippen molar-refractivity contribution in [2.45, 2.75) is 31.7 Å². The molecule has 5 heteroatoms. The van der Waals surface area contributed by atoms with E-state index < -0.39 is 0 Å². The monoisotopic (exact) mass is 304 g/mol. The number of fused-ring (bicyclic) bond motifs is 1. The predicted octanol–water partition coefficient (Wildman–Crippen LogP) is 1.97. The fraction of sp³-hybridized carbons (Fsp3) is 0.588. The first kappa shape index (κ1) is 15.2. The summed E-state index contributed by atoms with van der Waals surface area (Å²) >= 11 is 0. The highest BCUT2D eigenvalue weighted by Crippen LogP contribution is 2.35. The zero-order valence-electron chi connectivity index (χ0n) is 13.0. The van der Waals surface area contributed by atoms with Crippen molar-refractivity contribution < 1.29 is 14.6 Å². The van der Waals surface area contributed by atoms with Crippen molar-refractivity contribution in [1.82, 2.24) is 10.2 Å². The number of rotatable bonds is 3. The summed E-state index contributed by atoms with van der Waals surface area (Å²) in [6, 6.07) is 8.05. The average Bonchev–Trinajstić information content (AvgIpc) is 2.99. The number of amides is 2. The topological polar surface area (TPSA) is 61.8 Å². The van der Waals surface area contributed by atoms with Gasteiger partial charge in [-0.1, -0.05) is 18.2 Å². The number of carbonyl (C=O) groups is 1. The van der Waals surface area contributed by atoms with Crippen LogP contribution in [0.1, 0.15) is 31.2 Å². The van der Waals surface area contributed by atoms with Gasteiger partial charge in [-0.3, -0.25) is 0 Å². The number of urea groups is 1. The summed E-state index contributed by atoms with van der Waals surface area (Å²) in [6.45, 7) is 4.33. The number of ether oxygens (including phenoxy) is 1. The summed E-state index contributed by atoms with van der Waals surface area (Å²) in [5.74, 6) is 1.48. The van der Waals surface area contributed by atoms with Crippen molar-refractivity contribution in [1.29, 1.82) is 0 Å². The second kappa shape index (κ2) is 6.57. The maximum atomic E-state index is 12.4. The van der Waals surface area contributed by atoms with E-state index in [1.165, 1.54) is 5.56 Å². The molecular formula is C17H24N2O3. The number of nitrogens with zero attached hydrogens (tertiary/aromatic N) is 1. The van der Waals surface area contributed by atoms with E-state index in [2.05, 4.69) is 11.4 Å². The quantitative estimate of drug-likeness (QED) is 0.897. The zero-order chi connectivity index (χ0) is 15.5. The van der Waals surface area contributed by atoms with Gasteiger partial charge in [0.05, 0.1) is 6.61 Å². The minimum Gasteiger partial charge on any atom is -0.493 e. The average molecular weight is 304 g/mol. The van der Waals surface area contributed by atoms with Gasteiger partial charge in [0.25, 0.3) is 0 Å². The molecule has 2 N–H and O–H groups in total. The SMILES string of the molecule is CC(NC(=O)N1CCC(CO)CC1)C1COc2ccccc21. The molecule has 120 valence electrons. The van der Waals surface area contributed by atoms with E-state index in [1.807, 2.05) is 30.0 Å². The lowest BCUT2D eigenvalue weighted by atomic mass is 9.94. The van der Waals surface area contributed by atoms with Gasteiger partial charge in [0.2, 0.25) is 0 Å². The van der Waals surface area contributed by atoms with Crippen molar-refractivity contribution >= 4 is 6.03 Å². The maximum absolute atomic E-state index is 12.4. The lowest BCUT2D eigenvalue weighted by Crippen LogP contribution is -2.49. The Morgan fingerprint density at radius 2 is 2.14 bits per heavy atom. The molecule has 5 nitrogen and oxygen atoms in total. The molecule has 2 aliphatic rings. The van der Waals surface area contributed by atoms with Gasteiger partial charge in [0.15, 0.2) is 0 Å². The summed E-state index contributed by atoms with van der Waals surface area (Å²) in [5, 5.41) is 12.3. The Balaban J connectivity index is 1.56. The number of hydrogen-bond acceptors (Lipinski definition) is 3. The molecule has 0 aromatic heterocycles. The van der Waals surface area contributed by atoms with Crippen LogP contribution in [0.3, 0.4) is 0 Å². The molecule has 2 atom stereocenters. The van der Waals surface area contributed by atoms with E-state index in [1.54, 1.807) is 0 Å². The van der Waals surface area contributed by atoms with Crippen molar-refractivity contribution in [3.05, 3.63) is 29.8 Å². The lowest BCUT2D eigenvalue weighted by molar-refractivity contribution is 0.135. The third kappa shape index (κ3) is 3.04. The van der Waals surface area contributed by atoms with Crippen LogP contribution >= 0.6 is 0 Å². The molecule has 3 rings (SSSR count). The van der Waals surface area contributed by atoms with Crippen LogP contribution < -0.4 is 10.1 Å². The fourth-order valence-electron chi connectivity index (χ4n) is 3.31. The first-order valence-corrected chi connectivity index (χ1v) is 8.07. The Labute approximate surface area is 131 Å². The van der Waals surface area contributed by atoms with Gasteiger partial charge in [-0.05, 0) is 31.7 Å². The standard InChI is InChI=1S/C17H24N2O3/c1-12(15-11-22-16-5-3-2-4-14(15)16)18-17(21)19-8-6-13(10-20)7-9-19/h2-5,12-13,15,20H,6-11H2,1H3,(H,18,21). The van der Waals surface area contributed by atoms with E-state index in [0.29, 0.717) is 12.5 Å². The first-order chi connectivity index (χ1) is 10.7. The van der Waals surface area contributed by atoms with Crippen LogP contribution in [-0.4, -0.2) is 48.4 Å². The smallest absolute Gasteiger partial charge is 0.317 e. The van der Waals surface area contributed by atoms with Crippen LogP contribution in [0.4, 0.5) is 4.79 Å². The number of aliphatic hydroxyl groups is 1. The van der Waals surface area contributed by atoms with Crippen LogP contribution in [-0.2, 0) is 0 Å². The fourth-order valence-corrected chi connectivity index (χ4v) is 3.31. The van der Waals surface area contributed by atoms with Gasteiger partial charge in [-0.2, -0.15) is 0 Å². The Bertz CT molecular complexity index is 526. The molecule has 2 heterocycles. The second-order valence-electron chi connectivity index (χ2n) is 6.31. The van der Waals surface area contributed by atoms with Gasteiger partial charge < -0.3 is 20.1 Å². The zero-order valence-corrected chi connectivity index (χ0v) is 13.0. The van der Waals surface area contributed by atoms with Crippen molar-refractivity contribution in [3.8, 4) is 5.75 Å². The van der Waals surface area contributed by atoms with E-state index in [0.717, 1.165) is 31.7 Å². The minimum absolute atomic E-state index is 0.00623. The largest absolute Gasteiger partial charge is 0.493 e. The molecule has 22 heavy (non-hydrogen) atoms. The summed E-state index contributed by atoms with van der Waals surface area (Å²) in [6.07, 6.45) is 1.77. The molecule has 0 saturated carbocycles. The number of carbonyl (C=O) groups excluding carboxylic acids is 1. The first-order valence-electron chi connectivity index (χ1n) is 8.07. The molecular weight excluding hydrogens is 280 g/mol. The second-order valence-corrected chi connectivity index (χ2v) is 6.31. The number of piperidine rings is 1. The van der Waals surface area contributed by atoms with Gasteiger partial charge in [-0.25, -0.2) is 4.79 Å². The number of hydrogen-bond donors (Lipinski definition) is 2. The molecule has 0 spiro atoms. The highest BCUT2D eigenvalue weighted by Gasteiger charge is 2.31. The van der Waals surface area contributed by atoms with Crippen LogP contribution in [0, 0.1) is 5.92 Å². The third-order valence-electron chi connectivity index (χ3n) is 4.85. The summed E-state index contributed by atoms with van der Waals surface area (Å²) < 4.78 is 5.70. The van der Waals surface area contributed by atoms with E-state index in [-0.39, 0.29) is 24.6 Å².